The van der Waals surface area contributed by atoms with Crippen LogP contribution >= 0.6 is 0 Å². The molecule has 2 aromatic carbocycles. The van der Waals surface area contributed by atoms with Crippen molar-refractivity contribution < 1.29 is 19.4 Å². The van der Waals surface area contributed by atoms with Gasteiger partial charge < -0.3 is 9.84 Å². The number of aromatic nitrogens is 1. The van der Waals surface area contributed by atoms with E-state index in [1.54, 1.807) is 43.5 Å². The summed E-state index contributed by atoms with van der Waals surface area (Å²) >= 11 is 0. The van der Waals surface area contributed by atoms with Crippen LogP contribution in [0.1, 0.15) is 43.5 Å². The molecule has 1 aliphatic heterocycles. The molecule has 6 heteroatoms. The van der Waals surface area contributed by atoms with E-state index in [1.807, 2.05) is 24.3 Å². The molecule has 4 rings (SSSR count). The number of hydrogen-bond donors (Lipinski definition) is 1. The van der Waals surface area contributed by atoms with E-state index in [1.165, 1.54) is 17.3 Å². The van der Waals surface area contributed by atoms with Gasteiger partial charge in [-0.2, -0.15) is 0 Å². The molecule has 1 saturated heterocycles. The minimum atomic E-state index is -0.777. The third-order valence-electron chi connectivity index (χ3n) is 5.84. The average Bonchev–Trinajstić information content (AvgIpc) is 3.09. The molecule has 1 aliphatic rings. The molecule has 1 N–H and O–H groups in total. The van der Waals surface area contributed by atoms with E-state index < -0.39 is 17.7 Å². The van der Waals surface area contributed by atoms with E-state index in [4.69, 9.17) is 4.74 Å². The van der Waals surface area contributed by atoms with Crippen LogP contribution in [0, 0.1) is 0 Å². The number of nitrogens with zero attached hydrogens (tertiary/aromatic N) is 2. The summed E-state index contributed by atoms with van der Waals surface area (Å²) < 4.78 is 5.23. The highest BCUT2D eigenvalue weighted by Crippen LogP contribution is 2.42. The predicted molar refractivity (Wildman–Crippen MR) is 127 cm³/mol. The number of aliphatic hydroxyl groups excluding tert-OH is 1. The van der Waals surface area contributed by atoms with Crippen molar-refractivity contribution in [2.24, 2.45) is 0 Å². The molecule has 0 spiro atoms. The minimum absolute atomic E-state index is 0.0468. The van der Waals surface area contributed by atoms with Crippen molar-refractivity contribution in [3.8, 4) is 5.75 Å². The maximum atomic E-state index is 13.2. The number of anilines is 1. The van der Waals surface area contributed by atoms with Crippen molar-refractivity contribution in [1.29, 1.82) is 0 Å². The monoisotopic (exact) mass is 442 g/mol. The number of methoxy groups -OCH3 is 1. The Morgan fingerprint density at radius 2 is 1.55 bits per heavy atom. The third kappa shape index (κ3) is 4.12. The minimum Gasteiger partial charge on any atom is -0.507 e. The van der Waals surface area contributed by atoms with Gasteiger partial charge in [0, 0.05) is 23.6 Å². The van der Waals surface area contributed by atoms with E-state index in [0.717, 1.165) is 11.1 Å². The highest BCUT2D eigenvalue weighted by atomic mass is 16.5. The zero-order chi connectivity index (χ0) is 23.8. The molecule has 0 radical (unpaired) electrons. The van der Waals surface area contributed by atoms with Crippen molar-refractivity contribution in [1.82, 2.24) is 4.98 Å². The molecule has 0 aliphatic carbocycles. The normalized spacial score (nSPS) is 17.9. The Kier molecular flexibility index (Phi) is 5.77. The number of pyridine rings is 1. The Labute approximate surface area is 193 Å². The summed E-state index contributed by atoms with van der Waals surface area (Å²) in [5, 5.41) is 11.1. The highest BCUT2D eigenvalue weighted by molar-refractivity contribution is 6.51. The number of aliphatic hydroxyl groups is 1. The van der Waals surface area contributed by atoms with Gasteiger partial charge in [0.05, 0.1) is 18.7 Å². The van der Waals surface area contributed by atoms with Gasteiger partial charge in [0.15, 0.2) is 0 Å². The fourth-order valence-electron chi connectivity index (χ4n) is 3.99. The Morgan fingerprint density at radius 1 is 0.939 bits per heavy atom. The van der Waals surface area contributed by atoms with Gasteiger partial charge in [-0.3, -0.25) is 19.5 Å². The lowest BCUT2D eigenvalue weighted by Crippen LogP contribution is -2.29. The number of Topliss-reactive ketones (excluding diaryl/α,β-unsaturated/α-hetero) is 1. The lowest BCUT2D eigenvalue weighted by Gasteiger charge is -2.26. The quantitative estimate of drug-likeness (QED) is 0.349. The molecule has 6 nitrogen and oxygen atoms in total. The lowest BCUT2D eigenvalue weighted by atomic mass is 9.85. The van der Waals surface area contributed by atoms with Gasteiger partial charge in [-0.05, 0) is 52.9 Å². The van der Waals surface area contributed by atoms with Crippen molar-refractivity contribution in [2.45, 2.75) is 32.2 Å². The van der Waals surface area contributed by atoms with Crippen LogP contribution in [0.3, 0.4) is 0 Å². The number of carbonyl (C=O) groups excluding carboxylic acids is 2. The van der Waals surface area contributed by atoms with Crippen LogP contribution in [0.4, 0.5) is 5.69 Å². The van der Waals surface area contributed by atoms with Gasteiger partial charge >= 0.3 is 0 Å². The topological polar surface area (TPSA) is 79.7 Å². The number of ether oxygens (including phenoxy) is 1. The Bertz CT molecular complexity index is 1210. The molecule has 33 heavy (non-hydrogen) atoms. The Hall–Kier alpha value is -3.93. The van der Waals surface area contributed by atoms with Crippen LogP contribution < -0.4 is 9.64 Å². The summed E-state index contributed by atoms with van der Waals surface area (Å²) in [5.41, 5.74) is 2.82. The summed E-state index contributed by atoms with van der Waals surface area (Å²) in [6.07, 6.45) is 3.06. The first kappa shape index (κ1) is 22.3. The largest absolute Gasteiger partial charge is 0.507 e. The molecule has 1 fully saturated rings. The van der Waals surface area contributed by atoms with Gasteiger partial charge in [0.2, 0.25) is 0 Å². The lowest BCUT2D eigenvalue weighted by molar-refractivity contribution is -0.132. The summed E-state index contributed by atoms with van der Waals surface area (Å²) in [4.78, 5) is 31.8. The second-order valence-electron chi connectivity index (χ2n) is 8.98. The fourth-order valence-corrected chi connectivity index (χ4v) is 3.99. The number of ketones is 1. The van der Waals surface area contributed by atoms with Gasteiger partial charge in [0.25, 0.3) is 11.7 Å². The van der Waals surface area contributed by atoms with E-state index in [2.05, 4.69) is 25.8 Å². The first-order valence-corrected chi connectivity index (χ1v) is 10.7. The predicted octanol–water partition coefficient (Wildman–Crippen LogP) is 5.01. The molecule has 2 heterocycles. The molecule has 0 bridgehead atoms. The smallest absolute Gasteiger partial charge is 0.300 e. The van der Waals surface area contributed by atoms with Crippen LogP contribution in [0.5, 0.6) is 5.75 Å². The van der Waals surface area contributed by atoms with Gasteiger partial charge in [-0.25, -0.2) is 0 Å². The third-order valence-corrected chi connectivity index (χ3v) is 5.84. The number of rotatable bonds is 4. The molecule has 0 saturated carbocycles. The molecular weight excluding hydrogens is 416 g/mol. The van der Waals surface area contributed by atoms with Crippen molar-refractivity contribution >= 4 is 23.1 Å². The van der Waals surface area contributed by atoms with Crippen LogP contribution in [-0.2, 0) is 15.0 Å². The first-order chi connectivity index (χ1) is 15.7. The van der Waals surface area contributed by atoms with E-state index in [0.29, 0.717) is 17.0 Å². The van der Waals surface area contributed by atoms with E-state index >= 15 is 0 Å². The maximum Gasteiger partial charge on any atom is 0.300 e. The summed E-state index contributed by atoms with van der Waals surface area (Å²) in [7, 11) is 1.56. The SMILES string of the molecule is COc1ccc(N2C(=O)C(=O)/C(=C(\O)c3ccncc3)C2c2ccc(C(C)(C)C)cc2)cc1. The molecule has 1 atom stereocenters. The Balaban J connectivity index is 1.90. The summed E-state index contributed by atoms with van der Waals surface area (Å²) in [6.45, 7) is 6.36. The first-order valence-electron chi connectivity index (χ1n) is 10.7. The molecule has 168 valence electrons. The van der Waals surface area contributed by atoms with Crippen molar-refractivity contribution in [3.05, 3.63) is 95.3 Å². The number of amides is 1. The zero-order valence-electron chi connectivity index (χ0n) is 19.1. The highest BCUT2D eigenvalue weighted by Gasteiger charge is 2.47. The Morgan fingerprint density at radius 3 is 2.09 bits per heavy atom. The average molecular weight is 443 g/mol. The van der Waals surface area contributed by atoms with E-state index in [9.17, 15) is 14.7 Å². The molecule has 1 unspecified atom stereocenters. The van der Waals surface area contributed by atoms with Gasteiger partial charge in [-0.1, -0.05) is 45.0 Å². The second-order valence-corrected chi connectivity index (χ2v) is 8.98. The second kappa shape index (κ2) is 8.54. The number of hydrogen-bond acceptors (Lipinski definition) is 5. The standard InChI is InChI=1S/C27H26N2O4/c1-27(2,3)19-7-5-17(6-8-19)23-22(24(30)18-13-15-28-16-14-18)25(31)26(32)29(23)20-9-11-21(33-4)12-10-20/h5-16,23,30H,1-4H3/b24-22-. The van der Waals surface area contributed by atoms with Crippen LogP contribution in [0.2, 0.25) is 0 Å². The maximum absolute atomic E-state index is 13.2. The van der Waals surface area contributed by atoms with Gasteiger partial charge in [-0.15, -0.1) is 0 Å². The molecular formula is C27H26N2O4. The van der Waals surface area contributed by atoms with Crippen molar-refractivity contribution in [3.63, 3.8) is 0 Å². The van der Waals surface area contributed by atoms with Crippen LogP contribution in [0.25, 0.3) is 5.76 Å². The van der Waals surface area contributed by atoms with Crippen molar-refractivity contribution in [2.75, 3.05) is 12.0 Å². The molecule has 1 amide bonds. The van der Waals surface area contributed by atoms with Gasteiger partial charge in [0.1, 0.15) is 11.5 Å². The molecule has 1 aromatic heterocycles. The van der Waals surface area contributed by atoms with Crippen LogP contribution in [0.15, 0.2) is 78.6 Å². The summed E-state index contributed by atoms with van der Waals surface area (Å²) in [5.74, 6) is -1.01. The number of carbonyl (C=O) groups is 2. The fraction of sp³-hybridized carbons (Fsp3) is 0.222. The van der Waals surface area contributed by atoms with E-state index in [-0.39, 0.29) is 16.7 Å². The zero-order valence-corrected chi connectivity index (χ0v) is 19.1. The van der Waals surface area contributed by atoms with Crippen LogP contribution in [-0.4, -0.2) is 28.9 Å². The molecule has 3 aromatic rings. The summed E-state index contributed by atoms with van der Waals surface area (Å²) in [6, 6.07) is 17.2. The number of benzene rings is 2.